The molecule has 0 spiro atoms. The molecule has 0 bridgehead atoms. The van der Waals surface area contributed by atoms with Crippen LogP contribution in [0, 0.1) is 0 Å². The Morgan fingerprint density at radius 1 is 1.12 bits per heavy atom. The quantitative estimate of drug-likeness (QED) is 0.725. The highest BCUT2D eigenvalue weighted by atomic mass is 16.3. The van der Waals surface area contributed by atoms with Crippen molar-refractivity contribution in [2.24, 2.45) is 0 Å². The Morgan fingerprint density at radius 2 is 1.96 bits per heavy atom. The maximum Gasteiger partial charge on any atom is 0.229 e. The number of oxazole rings is 1. The Balaban J connectivity index is 1.43. The number of amides is 1. The number of carbonyl (C=O) groups excluding carboxylic acids is 1. The number of benzene rings is 1. The van der Waals surface area contributed by atoms with Gasteiger partial charge in [0.15, 0.2) is 0 Å². The lowest BCUT2D eigenvalue weighted by Crippen LogP contribution is -2.36. The standard InChI is InChI=1S/C21H19N3O2/c25-20(12-19-15-26-21(23-19)16-6-2-1-3-7-16)24-11-5-9-18(14-24)17-8-4-10-22-13-17/h1-4,6-10,13,15H,5,11-12,14H2. The van der Waals surface area contributed by atoms with Crippen LogP contribution in [-0.4, -0.2) is 33.9 Å². The lowest BCUT2D eigenvalue weighted by Gasteiger charge is -2.27. The number of nitrogens with zero attached hydrogens (tertiary/aromatic N) is 3. The lowest BCUT2D eigenvalue weighted by molar-refractivity contribution is -0.130. The van der Waals surface area contributed by atoms with E-state index in [1.54, 1.807) is 12.5 Å². The maximum absolute atomic E-state index is 12.7. The van der Waals surface area contributed by atoms with E-state index in [9.17, 15) is 4.79 Å². The van der Waals surface area contributed by atoms with E-state index in [1.807, 2.05) is 53.6 Å². The first kappa shape index (κ1) is 16.3. The van der Waals surface area contributed by atoms with E-state index in [-0.39, 0.29) is 12.3 Å². The molecule has 1 amide bonds. The molecule has 4 rings (SSSR count). The molecule has 26 heavy (non-hydrogen) atoms. The van der Waals surface area contributed by atoms with E-state index >= 15 is 0 Å². The molecule has 5 heteroatoms. The van der Waals surface area contributed by atoms with Gasteiger partial charge >= 0.3 is 0 Å². The first-order valence-electron chi connectivity index (χ1n) is 8.66. The summed E-state index contributed by atoms with van der Waals surface area (Å²) < 4.78 is 5.53. The van der Waals surface area contributed by atoms with Crippen LogP contribution in [0.2, 0.25) is 0 Å². The SMILES string of the molecule is O=C(Cc1coc(-c2ccccc2)n1)N1CCC=C(c2cccnc2)C1. The molecule has 0 N–H and O–H groups in total. The van der Waals surface area contributed by atoms with Gasteiger partial charge in [0.1, 0.15) is 6.26 Å². The Labute approximate surface area is 152 Å². The summed E-state index contributed by atoms with van der Waals surface area (Å²) in [4.78, 5) is 23.2. The minimum absolute atomic E-state index is 0.0624. The van der Waals surface area contributed by atoms with Gasteiger partial charge in [0.05, 0.1) is 12.1 Å². The summed E-state index contributed by atoms with van der Waals surface area (Å²) in [5.74, 6) is 0.607. The van der Waals surface area contributed by atoms with Gasteiger partial charge in [-0.1, -0.05) is 30.3 Å². The maximum atomic E-state index is 12.7. The van der Waals surface area contributed by atoms with Gasteiger partial charge in [0.25, 0.3) is 0 Å². The summed E-state index contributed by atoms with van der Waals surface area (Å²) in [6.07, 6.45) is 8.45. The van der Waals surface area contributed by atoms with Crippen LogP contribution in [0.5, 0.6) is 0 Å². The monoisotopic (exact) mass is 345 g/mol. The fourth-order valence-electron chi connectivity index (χ4n) is 3.09. The van der Waals surface area contributed by atoms with Crippen molar-refractivity contribution in [1.82, 2.24) is 14.9 Å². The topological polar surface area (TPSA) is 59.2 Å². The van der Waals surface area contributed by atoms with E-state index in [0.29, 0.717) is 18.1 Å². The summed E-state index contributed by atoms with van der Waals surface area (Å²) in [5.41, 5.74) is 3.78. The Hall–Kier alpha value is -3.21. The molecule has 0 aliphatic carbocycles. The van der Waals surface area contributed by atoms with Crippen molar-refractivity contribution in [1.29, 1.82) is 0 Å². The van der Waals surface area contributed by atoms with Crippen molar-refractivity contribution < 1.29 is 9.21 Å². The van der Waals surface area contributed by atoms with Crippen LogP contribution in [0.1, 0.15) is 17.7 Å². The number of pyridine rings is 1. The van der Waals surface area contributed by atoms with Crippen LogP contribution in [0.4, 0.5) is 0 Å². The zero-order chi connectivity index (χ0) is 17.8. The van der Waals surface area contributed by atoms with Crippen molar-refractivity contribution in [2.45, 2.75) is 12.8 Å². The molecule has 0 atom stereocenters. The Bertz CT molecular complexity index is 917. The van der Waals surface area contributed by atoms with E-state index in [1.165, 1.54) is 0 Å². The first-order chi connectivity index (χ1) is 12.8. The van der Waals surface area contributed by atoms with Gasteiger partial charge in [0.2, 0.25) is 11.8 Å². The third kappa shape index (κ3) is 3.57. The van der Waals surface area contributed by atoms with Crippen molar-refractivity contribution in [3.8, 4) is 11.5 Å². The van der Waals surface area contributed by atoms with Crippen molar-refractivity contribution in [2.75, 3.05) is 13.1 Å². The number of aromatic nitrogens is 2. The fraction of sp³-hybridized carbons (Fsp3) is 0.190. The Morgan fingerprint density at radius 3 is 2.77 bits per heavy atom. The molecule has 3 aromatic rings. The summed E-state index contributed by atoms with van der Waals surface area (Å²) in [7, 11) is 0. The van der Waals surface area contributed by atoms with Crippen molar-refractivity contribution >= 4 is 11.5 Å². The molecule has 0 saturated carbocycles. The van der Waals surface area contributed by atoms with Gasteiger partial charge in [-0.15, -0.1) is 0 Å². The molecule has 0 radical (unpaired) electrons. The second-order valence-electron chi connectivity index (χ2n) is 6.26. The smallest absolute Gasteiger partial charge is 0.229 e. The fourth-order valence-corrected chi connectivity index (χ4v) is 3.09. The first-order valence-corrected chi connectivity index (χ1v) is 8.66. The molecule has 2 aromatic heterocycles. The predicted molar refractivity (Wildman–Crippen MR) is 99.1 cm³/mol. The van der Waals surface area contributed by atoms with Crippen LogP contribution >= 0.6 is 0 Å². The average molecular weight is 345 g/mol. The van der Waals surface area contributed by atoms with E-state index in [4.69, 9.17) is 4.42 Å². The molecule has 130 valence electrons. The van der Waals surface area contributed by atoms with Gasteiger partial charge in [-0.25, -0.2) is 4.98 Å². The van der Waals surface area contributed by atoms with E-state index in [0.717, 1.165) is 29.7 Å². The van der Waals surface area contributed by atoms with Crippen LogP contribution in [-0.2, 0) is 11.2 Å². The minimum Gasteiger partial charge on any atom is -0.444 e. The molecular formula is C21H19N3O2. The van der Waals surface area contributed by atoms with Crippen molar-refractivity contribution in [3.63, 3.8) is 0 Å². The third-order valence-electron chi connectivity index (χ3n) is 4.44. The van der Waals surface area contributed by atoms with Gasteiger partial charge in [-0.3, -0.25) is 9.78 Å². The minimum atomic E-state index is 0.0624. The zero-order valence-electron chi connectivity index (χ0n) is 14.3. The van der Waals surface area contributed by atoms with Crippen LogP contribution < -0.4 is 0 Å². The highest BCUT2D eigenvalue weighted by Crippen LogP contribution is 2.22. The number of rotatable bonds is 4. The van der Waals surface area contributed by atoms with Crippen molar-refractivity contribution in [3.05, 3.63) is 78.5 Å². The molecule has 1 aliphatic heterocycles. The number of carbonyl (C=O) groups is 1. The second kappa shape index (κ2) is 7.35. The second-order valence-corrected chi connectivity index (χ2v) is 6.26. The molecule has 3 heterocycles. The molecule has 5 nitrogen and oxygen atoms in total. The van der Waals surface area contributed by atoms with Crippen LogP contribution in [0.15, 0.2) is 71.6 Å². The molecular weight excluding hydrogens is 326 g/mol. The van der Waals surface area contributed by atoms with E-state index in [2.05, 4.69) is 16.0 Å². The Kier molecular flexibility index (Phi) is 4.60. The number of hydrogen-bond acceptors (Lipinski definition) is 4. The lowest BCUT2D eigenvalue weighted by atomic mass is 10.0. The molecule has 0 unspecified atom stereocenters. The van der Waals surface area contributed by atoms with Crippen LogP contribution in [0.3, 0.4) is 0 Å². The van der Waals surface area contributed by atoms with Gasteiger partial charge in [-0.2, -0.15) is 0 Å². The molecule has 0 saturated heterocycles. The molecule has 1 aliphatic rings. The third-order valence-corrected chi connectivity index (χ3v) is 4.44. The molecule has 1 aromatic carbocycles. The summed E-state index contributed by atoms with van der Waals surface area (Å²) in [6, 6.07) is 13.6. The summed E-state index contributed by atoms with van der Waals surface area (Å²) in [6.45, 7) is 1.33. The van der Waals surface area contributed by atoms with Gasteiger partial charge in [0, 0.05) is 31.0 Å². The number of hydrogen-bond donors (Lipinski definition) is 0. The normalized spacial score (nSPS) is 14.2. The van der Waals surface area contributed by atoms with E-state index < -0.39 is 0 Å². The zero-order valence-corrected chi connectivity index (χ0v) is 14.3. The predicted octanol–water partition coefficient (Wildman–Crippen LogP) is 3.60. The summed E-state index contributed by atoms with van der Waals surface area (Å²) >= 11 is 0. The highest BCUT2D eigenvalue weighted by Gasteiger charge is 2.20. The van der Waals surface area contributed by atoms with Gasteiger partial charge < -0.3 is 9.32 Å². The highest BCUT2D eigenvalue weighted by molar-refractivity contribution is 5.81. The van der Waals surface area contributed by atoms with Crippen LogP contribution in [0.25, 0.3) is 17.0 Å². The average Bonchev–Trinajstić information content (AvgIpc) is 3.18. The largest absolute Gasteiger partial charge is 0.444 e. The molecule has 0 fully saturated rings. The summed E-state index contributed by atoms with van der Waals surface area (Å²) in [5, 5.41) is 0. The van der Waals surface area contributed by atoms with Gasteiger partial charge in [-0.05, 0) is 35.8 Å².